The molecule has 2 heteroatoms. The molecule has 4 aliphatic rings. The van der Waals surface area contributed by atoms with Crippen molar-refractivity contribution in [2.45, 2.75) is 0 Å². The molecule has 2 aliphatic heterocycles. The van der Waals surface area contributed by atoms with E-state index in [2.05, 4.69) is 29.3 Å². The third-order valence-corrected chi connectivity index (χ3v) is 3.40. The van der Waals surface area contributed by atoms with Crippen LogP contribution in [0.25, 0.3) is 0 Å². The number of fused-ring (bicyclic) bond motifs is 1. The van der Waals surface area contributed by atoms with Crippen molar-refractivity contribution >= 4 is 6.21 Å². The van der Waals surface area contributed by atoms with Crippen LogP contribution < -0.4 is 0 Å². The number of hydrogen-bond donors (Lipinski definition) is 0. The SMILES string of the molecule is C1=CC2=C3N=CC=C3C=CC23C=COC3=C1. The molecule has 0 saturated heterocycles. The van der Waals surface area contributed by atoms with Crippen LogP contribution in [0.5, 0.6) is 0 Å². The average molecular weight is 207 g/mol. The predicted molar refractivity (Wildman–Crippen MR) is 62.6 cm³/mol. The highest BCUT2D eigenvalue weighted by molar-refractivity contribution is 5.83. The summed E-state index contributed by atoms with van der Waals surface area (Å²) >= 11 is 0. The summed E-state index contributed by atoms with van der Waals surface area (Å²) in [6.45, 7) is 0. The highest BCUT2D eigenvalue weighted by atomic mass is 16.5. The van der Waals surface area contributed by atoms with Gasteiger partial charge in [-0.15, -0.1) is 0 Å². The molecule has 76 valence electrons. The van der Waals surface area contributed by atoms with Gasteiger partial charge in [0.25, 0.3) is 0 Å². The molecule has 0 radical (unpaired) electrons. The topological polar surface area (TPSA) is 21.6 Å². The zero-order valence-electron chi connectivity index (χ0n) is 8.55. The molecule has 0 aromatic heterocycles. The fraction of sp³-hybridized carbons (Fsp3) is 0.0714. The van der Waals surface area contributed by atoms with Crippen LogP contribution in [0.4, 0.5) is 0 Å². The van der Waals surface area contributed by atoms with E-state index in [4.69, 9.17) is 4.74 Å². The van der Waals surface area contributed by atoms with E-state index >= 15 is 0 Å². The van der Waals surface area contributed by atoms with Crippen LogP contribution in [0.3, 0.4) is 0 Å². The first-order chi connectivity index (χ1) is 7.90. The lowest BCUT2D eigenvalue weighted by molar-refractivity contribution is 0.328. The second kappa shape index (κ2) is 2.53. The molecule has 16 heavy (non-hydrogen) atoms. The lowest BCUT2D eigenvalue weighted by Crippen LogP contribution is -2.23. The predicted octanol–water partition coefficient (Wildman–Crippen LogP) is 2.81. The molecule has 0 amide bonds. The van der Waals surface area contributed by atoms with Gasteiger partial charge in [0.2, 0.25) is 0 Å². The molecule has 0 aromatic rings. The van der Waals surface area contributed by atoms with Gasteiger partial charge in [0.15, 0.2) is 0 Å². The summed E-state index contributed by atoms with van der Waals surface area (Å²) in [5.74, 6) is 0.968. The number of hydrogen-bond acceptors (Lipinski definition) is 2. The molecule has 1 atom stereocenters. The Kier molecular flexibility index (Phi) is 1.28. The van der Waals surface area contributed by atoms with Gasteiger partial charge >= 0.3 is 0 Å². The summed E-state index contributed by atoms with van der Waals surface area (Å²) in [6, 6.07) is 0. The number of allylic oxidation sites excluding steroid dienone is 6. The zero-order chi connectivity index (χ0) is 10.6. The van der Waals surface area contributed by atoms with Gasteiger partial charge in [-0.25, -0.2) is 0 Å². The van der Waals surface area contributed by atoms with Crippen molar-refractivity contribution in [3.05, 3.63) is 71.4 Å². The van der Waals surface area contributed by atoms with E-state index in [1.54, 1.807) is 6.26 Å². The van der Waals surface area contributed by atoms with Gasteiger partial charge in [-0.2, -0.15) is 0 Å². The van der Waals surface area contributed by atoms with Crippen molar-refractivity contribution in [2.75, 3.05) is 0 Å². The van der Waals surface area contributed by atoms with Crippen molar-refractivity contribution in [2.24, 2.45) is 10.4 Å². The standard InChI is InChI=1S/C14H9NO/c1-2-11-13-10(5-8-15-13)4-6-14(11)7-9-16-12(14)3-1/h1-9H. The van der Waals surface area contributed by atoms with Crippen LogP contribution in [0, 0.1) is 5.41 Å². The Labute approximate surface area is 93.3 Å². The number of ether oxygens (including phenoxy) is 1. The largest absolute Gasteiger partial charge is 0.468 e. The highest BCUT2D eigenvalue weighted by Crippen LogP contribution is 2.51. The summed E-state index contributed by atoms with van der Waals surface area (Å²) in [7, 11) is 0. The summed E-state index contributed by atoms with van der Waals surface area (Å²) in [5.41, 5.74) is 3.26. The van der Waals surface area contributed by atoms with Crippen molar-refractivity contribution in [3.8, 4) is 0 Å². The van der Waals surface area contributed by atoms with E-state index in [0.717, 1.165) is 11.5 Å². The van der Waals surface area contributed by atoms with Gasteiger partial charge in [-0.1, -0.05) is 24.3 Å². The minimum Gasteiger partial charge on any atom is -0.468 e. The average Bonchev–Trinajstić information content (AvgIpc) is 2.93. The Morgan fingerprint density at radius 3 is 3.12 bits per heavy atom. The third kappa shape index (κ3) is 0.770. The normalized spacial score (nSPS) is 32.0. The molecule has 0 aromatic carbocycles. The minimum absolute atomic E-state index is 0.205. The quantitative estimate of drug-likeness (QED) is 0.598. The number of aliphatic imine (C=N–C) groups is 1. The lowest BCUT2D eigenvalue weighted by atomic mass is 9.72. The van der Waals surface area contributed by atoms with Crippen molar-refractivity contribution in [3.63, 3.8) is 0 Å². The van der Waals surface area contributed by atoms with Crippen molar-refractivity contribution in [1.82, 2.24) is 0 Å². The van der Waals surface area contributed by atoms with Gasteiger partial charge in [-0.3, -0.25) is 4.99 Å². The Morgan fingerprint density at radius 2 is 2.12 bits per heavy atom. The maximum atomic E-state index is 5.54. The summed E-state index contributed by atoms with van der Waals surface area (Å²) in [5, 5.41) is 0. The lowest BCUT2D eigenvalue weighted by Gasteiger charge is -2.31. The van der Waals surface area contributed by atoms with Gasteiger partial charge in [0.1, 0.15) is 5.76 Å². The minimum atomic E-state index is -0.205. The molecular weight excluding hydrogens is 198 g/mol. The van der Waals surface area contributed by atoms with Gasteiger partial charge in [0, 0.05) is 11.8 Å². The van der Waals surface area contributed by atoms with Crippen LogP contribution in [0.15, 0.2) is 76.4 Å². The molecule has 1 unspecified atom stereocenters. The van der Waals surface area contributed by atoms with Crippen molar-refractivity contribution < 1.29 is 4.74 Å². The second-order valence-corrected chi connectivity index (χ2v) is 4.18. The van der Waals surface area contributed by atoms with Crippen LogP contribution in [0.2, 0.25) is 0 Å². The van der Waals surface area contributed by atoms with Gasteiger partial charge in [0.05, 0.1) is 17.4 Å². The molecule has 2 heterocycles. The second-order valence-electron chi connectivity index (χ2n) is 4.18. The van der Waals surface area contributed by atoms with Gasteiger partial charge < -0.3 is 4.74 Å². The first kappa shape index (κ1) is 8.11. The van der Waals surface area contributed by atoms with E-state index < -0.39 is 0 Å². The number of rotatable bonds is 0. The van der Waals surface area contributed by atoms with E-state index in [1.807, 2.05) is 24.4 Å². The molecule has 2 nitrogen and oxygen atoms in total. The third-order valence-electron chi connectivity index (χ3n) is 3.40. The van der Waals surface area contributed by atoms with E-state index in [1.165, 1.54) is 11.1 Å². The highest BCUT2D eigenvalue weighted by Gasteiger charge is 2.42. The summed E-state index contributed by atoms with van der Waals surface area (Å²) < 4.78 is 5.54. The van der Waals surface area contributed by atoms with E-state index in [-0.39, 0.29) is 5.41 Å². The number of nitrogens with zero attached hydrogens (tertiary/aromatic N) is 1. The Hall–Kier alpha value is -2.09. The fourth-order valence-corrected chi connectivity index (χ4v) is 2.59. The smallest absolute Gasteiger partial charge is 0.122 e. The molecule has 0 bridgehead atoms. The van der Waals surface area contributed by atoms with Crippen molar-refractivity contribution in [1.29, 1.82) is 0 Å². The molecule has 4 rings (SSSR count). The molecule has 2 aliphatic carbocycles. The maximum absolute atomic E-state index is 5.54. The first-order valence-electron chi connectivity index (χ1n) is 5.32. The fourth-order valence-electron chi connectivity index (χ4n) is 2.59. The van der Waals surface area contributed by atoms with Crippen LogP contribution >= 0.6 is 0 Å². The Morgan fingerprint density at radius 1 is 1.12 bits per heavy atom. The Balaban J connectivity index is 2.06. The van der Waals surface area contributed by atoms with Crippen LogP contribution in [-0.4, -0.2) is 6.21 Å². The van der Waals surface area contributed by atoms with E-state index in [9.17, 15) is 0 Å². The summed E-state index contributed by atoms with van der Waals surface area (Å²) in [4.78, 5) is 4.44. The first-order valence-corrected chi connectivity index (χ1v) is 5.32. The summed E-state index contributed by atoms with van der Waals surface area (Å²) in [6.07, 6.45) is 18.2. The molecular formula is C14H9NO. The molecule has 1 spiro atoms. The Bertz CT molecular complexity index is 596. The van der Waals surface area contributed by atoms with Crippen LogP contribution in [0.1, 0.15) is 0 Å². The van der Waals surface area contributed by atoms with Gasteiger partial charge in [-0.05, 0) is 23.8 Å². The maximum Gasteiger partial charge on any atom is 0.122 e. The molecule has 0 N–H and O–H groups in total. The molecule has 0 fully saturated rings. The van der Waals surface area contributed by atoms with E-state index in [0.29, 0.717) is 0 Å². The molecule has 0 saturated carbocycles. The monoisotopic (exact) mass is 207 g/mol. The van der Waals surface area contributed by atoms with Crippen LogP contribution in [-0.2, 0) is 4.74 Å². The zero-order valence-corrected chi connectivity index (χ0v) is 8.55.